The molecular formula is C36H34N8O3S2. The molecule has 0 unspecified atom stereocenters. The lowest BCUT2D eigenvalue weighted by molar-refractivity contribution is 0.122. The van der Waals surface area contributed by atoms with Crippen LogP contribution in [0.15, 0.2) is 48.5 Å². The van der Waals surface area contributed by atoms with Gasteiger partial charge >= 0.3 is 0 Å². The lowest BCUT2D eigenvalue weighted by atomic mass is 10.1. The summed E-state index contributed by atoms with van der Waals surface area (Å²) >= 11 is 2.83. The van der Waals surface area contributed by atoms with Gasteiger partial charge in [-0.05, 0) is 73.5 Å². The van der Waals surface area contributed by atoms with Gasteiger partial charge in [0, 0.05) is 38.3 Å². The number of thiophene rings is 2. The number of ether oxygens (including phenoxy) is 3. The van der Waals surface area contributed by atoms with Gasteiger partial charge in [0.15, 0.2) is 11.6 Å². The topological polar surface area (TPSA) is 133 Å². The average molecular weight is 691 g/mol. The molecule has 1 aliphatic heterocycles. The number of nitrogens with zero attached hydrogens (tertiary/aromatic N) is 8. The molecule has 0 atom stereocenters. The third-order valence-corrected chi connectivity index (χ3v) is 10.4. The molecule has 0 saturated carbocycles. The SMILES string of the molecule is COc1ccc(-c2nc(N(C)C)c3c(C)c(C#N)sc3n2)cc1.COc1ccc(-c2nc(N3CCOCC3)c3c(C)c(C#N)sc3n2)cc1. The van der Waals surface area contributed by atoms with Crippen LogP contribution in [0.5, 0.6) is 11.5 Å². The van der Waals surface area contributed by atoms with E-state index < -0.39 is 0 Å². The summed E-state index contributed by atoms with van der Waals surface area (Å²) in [6.45, 7) is 6.84. The Morgan fingerprint density at radius 2 is 1.18 bits per heavy atom. The summed E-state index contributed by atoms with van der Waals surface area (Å²) in [5, 5.41) is 20.6. The van der Waals surface area contributed by atoms with E-state index in [2.05, 4.69) is 22.0 Å². The fourth-order valence-electron chi connectivity index (χ4n) is 5.51. The van der Waals surface area contributed by atoms with Gasteiger partial charge in [-0.3, -0.25) is 0 Å². The number of aromatic nitrogens is 4. The molecule has 248 valence electrons. The number of nitriles is 2. The fraction of sp³-hybridized carbons (Fsp3) is 0.278. The average Bonchev–Trinajstić information content (AvgIpc) is 3.66. The van der Waals surface area contributed by atoms with Crippen LogP contribution in [0.2, 0.25) is 0 Å². The Morgan fingerprint density at radius 1 is 0.714 bits per heavy atom. The molecule has 7 rings (SSSR count). The van der Waals surface area contributed by atoms with Crippen molar-refractivity contribution in [3.05, 3.63) is 69.4 Å². The van der Waals surface area contributed by atoms with Crippen molar-refractivity contribution in [2.75, 3.05) is 64.4 Å². The normalized spacial score (nSPS) is 12.6. The predicted octanol–water partition coefficient (Wildman–Crippen LogP) is 7.00. The lowest BCUT2D eigenvalue weighted by Gasteiger charge is -2.28. The zero-order valence-electron chi connectivity index (χ0n) is 28.1. The van der Waals surface area contributed by atoms with Crippen molar-refractivity contribution in [1.82, 2.24) is 19.9 Å². The van der Waals surface area contributed by atoms with Crippen molar-refractivity contribution in [2.24, 2.45) is 0 Å². The predicted molar refractivity (Wildman–Crippen MR) is 195 cm³/mol. The van der Waals surface area contributed by atoms with Crippen LogP contribution in [0.25, 0.3) is 43.2 Å². The lowest BCUT2D eigenvalue weighted by Crippen LogP contribution is -2.37. The molecule has 0 spiro atoms. The molecule has 1 aliphatic rings. The first-order valence-corrected chi connectivity index (χ1v) is 17.1. The molecule has 2 aromatic carbocycles. The number of anilines is 2. The molecule has 0 radical (unpaired) electrons. The summed E-state index contributed by atoms with van der Waals surface area (Å²) in [6.07, 6.45) is 0. The van der Waals surface area contributed by atoms with Crippen molar-refractivity contribution >= 4 is 54.7 Å². The molecular weight excluding hydrogens is 657 g/mol. The van der Waals surface area contributed by atoms with E-state index in [0.29, 0.717) is 34.6 Å². The minimum Gasteiger partial charge on any atom is -0.497 e. The standard InChI is InChI=1S/C19H18N4O2S.C17H16N4OS/c1-12-15(11-20)26-19-16(12)18(23-7-9-25-10-8-23)21-17(22-19)13-3-5-14(24-2)6-4-13;1-10-13(9-18)23-17-14(10)16(21(2)3)19-15(20-17)11-5-7-12(22-4)8-6-11/h3-6H,7-10H2,1-2H3;5-8H,1-4H3. The maximum Gasteiger partial charge on any atom is 0.163 e. The van der Waals surface area contributed by atoms with Crippen LogP contribution in [-0.4, -0.2) is 74.6 Å². The second-order valence-electron chi connectivity index (χ2n) is 11.4. The fourth-order valence-corrected chi connectivity index (χ4v) is 7.46. The van der Waals surface area contributed by atoms with Crippen molar-refractivity contribution in [3.63, 3.8) is 0 Å². The van der Waals surface area contributed by atoms with E-state index >= 15 is 0 Å². The van der Waals surface area contributed by atoms with Gasteiger partial charge in [0.05, 0.1) is 38.2 Å². The number of rotatable bonds is 6. The number of hydrogen-bond donors (Lipinski definition) is 0. The maximum atomic E-state index is 9.43. The van der Waals surface area contributed by atoms with Crippen LogP contribution in [0.4, 0.5) is 11.6 Å². The van der Waals surface area contributed by atoms with E-state index in [1.165, 1.54) is 22.7 Å². The van der Waals surface area contributed by atoms with Crippen molar-refractivity contribution in [2.45, 2.75) is 13.8 Å². The van der Waals surface area contributed by atoms with E-state index in [9.17, 15) is 10.5 Å². The third-order valence-electron chi connectivity index (χ3n) is 8.18. The Balaban J connectivity index is 0.000000171. The molecule has 0 bridgehead atoms. The number of fused-ring (bicyclic) bond motifs is 2. The van der Waals surface area contributed by atoms with Crippen LogP contribution < -0.4 is 19.3 Å². The van der Waals surface area contributed by atoms with Gasteiger partial charge in [-0.25, -0.2) is 19.9 Å². The second kappa shape index (κ2) is 14.4. The van der Waals surface area contributed by atoms with E-state index in [-0.39, 0.29) is 0 Å². The van der Waals surface area contributed by atoms with Crippen LogP contribution in [-0.2, 0) is 4.74 Å². The van der Waals surface area contributed by atoms with E-state index in [1.54, 1.807) is 14.2 Å². The molecule has 6 aromatic rings. The Kier molecular flexibility index (Phi) is 9.87. The highest BCUT2D eigenvalue weighted by atomic mass is 32.1. The monoisotopic (exact) mass is 690 g/mol. The Bertz CT molecular complexity index is 2210. The summed E-state index contributed by atoms with van der Waals surface area (Å²) in [4.78, 5) is 26.2. The first-order valence-electron chi connectivity index (χ1n) is 15.5. The molecule has 0 aliphatic carbocycles. The number of benzene rings is 2. The third kappa shape index (κ3) is 6.69. The number of hydrogen-bond acceptors (Lipinski definition) is 13. The van der Waals surface area contributed by atoms with Crippen LogP contribution in [0.3, 0.4) is 0 Å². The Labute approximate surface area is 292 Å². The summed E-state index contributed by atoms with van der Waals surface area (Å²) in [5.41, 5.74) is 3.74. The first-order chi connectivity index (χ1) is 23.8. The Morgan fingerprint density at radius 3 is 1.65 bits per heavy atom. The summed E-state index contributed by atoms with van der Waals surface area (Å²) in [6, 6.07) is 19.9. The summed E-state index contributed by atoms with van der Waals surface area (Å²) < 4.78 is 15.9. The number of morpholine rings is 1. The van der Waals surface area contributed by atoms with Gasteiger partial charge in [0.1, 0.15) is 54.7 Å². The molecule has 13 heteroatoms. The molecule has 0 N–H and O–H groups in total. The van der Waals surface area contributed by atoms with Gasteiger partial charge in [0.2, 0.25) is 0 Å². The van der Waals surface area contributed by atoms with Gasteiger partial charge in [0.25, 0.3) is 0 Å². The first kappa shape index (κ1) is 33.6. The summed E-state index contributed by atoms with van der Waals surface area (Å²) in [5.74, 6) is 4.61. The summed E-state index contributed by atoms with van der Waals surface area (Å²) in [7, 11) is 7.18. The molecule has 1 saturated heterocycles. The van der Waals surface area contributed by atoms with E-state index in [4.69, 9.17) is 29.2 Å². The van der Waals surface area contributed by atoms with E-state index in [0.717, 1.165) is 78.9 Å². The molecule has 1 fully saturated rings. The molecule has 5 heterocycles. The minimum absolute atomic E-state index is 0.648. The number of methoxy groups -OCH3 is 2. The van der Waals surface area contributed by atoms with Crippen molar-refractivity contribution in [1.29, 1.82) is 10.5 Å². The van der Waals surface area contributed by atoms with Crippen LogP contribution >= 0.6 is 22.7 Å². The maximum absolute atomic E-state index is 9.43. The molecule has 49 heavy (non-hydrogen) atoms. The van der Waals surface area contributed by atoms with Gasteiger partial charge in [-0.2, -0.15) is 10.5 Å². The smallest absolute Gasteiger partial charge is 0.163 e. The second-order valence-corrected chi connectivity index (χ2v) is 13.4. The van der Waals surface area contributed by atoms with Gasteiger partial charge in [-0.1, -0.05) is 0 Å². The molecule has 11 nitrogen and oxygen atoms in total. The highest BCUT2D eigenvalue weighted by Gasteiger charge is 2.23. The van der Waals surface area contributed by atoms with Crippen LogP contribution in [0.1, 0.15) is 20.9 Å². The van der Waals surface area contributed by atoms with Gasteiger partial charge in [-0.15, -0.1) is 22.7 Å². The highest BCUT2D eigenvalue weighted by Crippen LogP contribution is 2.38. The minimum atomic E-state index is 0.648. The molecule has 0 amide bonds. The van der Waals surface area contributed by atoms with Crippen LogP contribution in [0, 0.1) is 36.5 Å². The zero-order valence-corrected chi connectivity index (χ0v) is 29.7. The quantitative estimate of drug-likeness (QED) is 0.179. The number of aryl methyl sites for hydroxylation is 2. The molecule has 4 aromatic heterocycles. The van der Waals surface area contributed by atoms with Crippen molar-refractivity contribution in [3.8, 4) is 46.4 Å². The van der Waals surface area contributed by atoms with E-state index in [1.807, 2.05) is 81.4 Å². The highest BCUT2D eigenvalue weighted by molar-refractivity contribution is 7.19. The van der Waals surface area contributed by atoms with Crippen molar-refractivity contribution < 1.29 is 14.2 Å². The zero-order chi connectivity index (χ0) is 34.7. The largest absolute Gasteiger partial charge is 0.497 e. The van der Waals surface area contributed by atoms with Gasteiger partial charge < -0.3 is 24.0 Å². The Hall–Kier alpha value is -5.34.